The second-order valence-corrected chi connectivity index (χ2v) is 7.88. The number of hydrogen-bond donors (Lipinski definition) is 3. The summed E-state index contributed by atoms with van der Waals surface area (Å²) in [7, 11) is 3.81. The molecule has 0 atom stereocenters. The Bertz CT molecular complexity index is 465. The van der Waals surface area contributed by atoms with Crippen LogP contribution in [0.2, 0.25) is 0 Å². The maximum absolute atomic E-state index is 12.1. The van der Waals surface area contributed by atoms with Crippen LogP contribution < -0.4 is 16.0 Å². The van der Waals surface area contributed by atoms with Crippen molar-refractivity contribution >= 4 is 17.8 Å². The van der Waals surface area contributed by atoms with Gasteiger partial charge >= 0.3 is 17.8 Å². The fourth-order valence-electron chi connectivity index (χ4n) is 2.53. The van der Waals surface area contributed by atoms with Gasteiger partial charge in [-0.2, -0.15) is 0 Å². The van der Waals surface area contributed by atoms with Gasteiger partial charge in [-0.25, -0.2) is 4.79 Å². The van der Waals surface area contributed by atoms with Crippen LogP contribution >= 0.6 is 0 Å². The van der Waals surface area contributed by atoms with E-state index in [1.54, 1.807) is 4.90 Å². The summed E-state index contributed by atoms with van der Waals surface area (Å²) in [6, 6.07) is -0.0461. The highest BCUT2D eigenvalue weighted by Crippen LogP contribution is 2.17. The predicted octanol–water partition coefficient (Wildman–Crippen LogP) is 0.000500. The molecule has 3 N–H and O–H groups in total. The van der Waals surface area contributed by atoms with Crippen LogP contribution in [0.5, 0.6) is 0 Å². The lowest BCUT2D eigenvalue weighted by Gasteiger charge is -2.34. The second kappa shape index (κ2) is 9.60. The highest BCUT2D eigenvalue weighted by molar-refractivity contribution is 6.35. The molecule has 1 fully saturated rings. The summed E-state index contributed by atoms with van der Waals surface area (Å²) >= 11 is 0. The molecule has 0 radical (unpaired) electrons. The van der Waals surface area contributed by atoms with Gasteiger partial charge in [0, 0.05) is 38.3 Å². The molecule has 1 aliphatic rings. The number of urea groups is 1. The maximum atomic E-state index is 12.1. The van der Waals surface area contributed by atoms with Crippen molar-refractivity contribution in [1.29, 1.82) is 0 Å². The zero-order valence-electron chi connectivity index (χ0n) is 16.1. The van der Waals surface area contributed by atoms with Crippen molar-refractivity contribution in [3.8, 4) is 0 Å². The van der Waals surface area contributed by atoms with E-state index < -0.39 is 11.8 Å². The molecule has 0 spiro atoms. The van der Waals surface area contributed by atoms with E-state index in [4.69, 9.17) is 0 Å². The monoisotopic (exact) mass is 355 g/mol. The molecular formula is C17H33N5O3. The van der Waals surface area contributed by atoms with Crippen LogP contribution in [0.4, 0.5) is 4.79 Å². The van der Waals surface area contributed by atoms with Gasteiger partial charge in [0.1, 0.15) is 0 Å². The van der Waals surface area contributed by atoms with Crippen molar-refractivity contribution in [2.24, 2.45) is 5.92 Å². The van der Waals surface area contributed by atoms with Gasteiger partial charge in [0.25, 0.3) is 0 Å². The van der Waals surface area contributed by atoms with E-state index >= 15 is 0 Å². The molecule has 4 amide bonds. The SMILES string of the molecule is CN(C)CCNC(=O)C(=O)NCC1CCN(C(=O)NC(C)(C)C)CC1. The van der Waals surface area contributed by atoms with Crippen molar-refractivity contribution in [3.05, 3.63) is 0 Å². The predicted molar refractivity (Wildman–Crippen MR) is 97.2 cm³/mol. The van der Waals surface area contributed by atoms with Crippen LogP contribution in [0.3, 0.4) is 0 Å². The van der Waals surface area contributed by atoms with E-state index in [0.29, 0.717) is 32.7 Å². The number of rotatable bonds is 5. The number of nitrogens with one attached hydrogen (secondary N) is 3. The van der Waals surface area contributed by atoms with Crippen molar-refractivity contribution in [1.82, 2.24) is 25.8 Å². The Morgan fingerprint density at radius 3 is 2.12 bits per heavy atom. The summed E-state index contributed by atoms with van der Waals surface area (Å²) in [5, 5.41) is 8.24. The molecule has 1 heterocycles. The molecule has 1 rings (SSSR count). The van der Waals surface area contributed by atoms with Crippen LogP contribution in [0, 0.1) is 5.92 Å². The number of likely N-dealkylation sites (N-methyl/N-ethyl adjacent to an activating group) is 1. The Kier molecular flexibility index (Phi) is 8.15. The molecule has 0 aromatic heterocycles. The van der Waals surface area contributed by atoms with Crippen LogP contribution in [0.15, 0.2) is 0 Å². The number of nitrogens with zero attached hydrogens (tertiary/aromatic N) is 2. The summed E-state index contributed by atoms with van der Waals surface area (Å²) in [4.78, 5) is 39.3. The Morgan fingerprint density at radius 1 is 1.04 bits per heavy atom. The minimum absolute atomic E-state index is 0.0461. The van der Waals surface area contributed by atoms with E-state index in [1.807, 2.05) is 39.8 Å². The molecule has 0 bridgehead atoms. The first-order chi connectivity index (χ1) is 11.6. The molecule has 1 saturated heterocycles. The summed E-state index contributed by atoms with van der Waals surface area (Å²) in [6.07, 6.45) is 1.64. The zero-order chi connectivity index (χ0) is 19.0. The fraction of sp³-hybridized carbons (Fsp3) is 0.824. The topological polar surface area (TPSA) is 93.8 Å². The van der Waals surface area contributed by atoms with Crippen molar-refractivity contribution < 1.29 is 14.4 Å². The molecule has 8 heteroatoms. The molecular weight excluding hydrogens is 322 g/mol. The lowest BCUT2D eigenvalue weighted by Crippen LogP contribution is -2.51. The van der Waals surface area contributed by atoms with Crippen LogP contribution in [0.1, 0.15) is 33.6 Å². The minimum atomic E-state index is -0.594. The van der Waals surface area contributed by atoms with E-state index in [9.17, 15) is 14.4 Å². The first-order valence-electron chi connectivity index (χ1n) is 8.86. The highest BCUT2D eigenvalue weighted by Gasteiger charge is 2.25. The fourth-order valence-corrected chi connectivity index (χ4v) is 2.53. The Labute approximate surface area is 150 Å². The molecule has 25 heavy (non-hydrogen) atoms. The minimum Gasteiger partial charge on any atom is -0.348 e. The molecule has 144 valence electrons. The number of hydrogen-bond acceptors (Lipinski definition) is 4. The van der Waals surface area contributed by atoms with E-state index in [2.05, 4.69) is 16.0 Å². The van der Waals surface area contributed by atoms with E-state index in [0.717, 1.165) is 12.8 Å². The smallest absolute Gasteiger partial charge is 0.317 e. The number of likely N-dealkylation sites (tertiary alicyclic amines) is 1. The van der Waals surface area contributed by atoms with Gasteiger partial charge in [-0.3, -0.25) is 9.59 Å². The summed E-state index contributed by atoms with van der Waals surface area (Å²) in [5.41, 5.74) is -0.248. The van der Waals surface area contributed by atoms with Crippen molar-refractivity contribution in [3.63, 3.8) is 0 Å². The summed E-state index contributed by atoms with van der Waals surface area (Å²) in [6.45, 7) is 8.79. The average molecular weight is 355 g/mol. The van der Waals surface area contributed by atoms with Crippen LogP contribution in [-0.4, -0.2) is 80.0 Å². The second-order valence-electron chi connectivity index (χ2n) is 7.88. The van der Waals surface area contributed by atoms with Crippen LogP contribution in [-0.2, 0) is 9.59 Å². The third-order valence-electron chi connectivity index (χ3n) is 3.99. The van der Waals surface area contributed by atoms with Gasteiger partial charge in [-0.05, 0) is 53.6 Å². The lowest BCUT2D eigenvalue weighted by molar-refractivity contribution is -0.139. The third kappa shape index (κ3) is 8.72. The van der Waals surface area contributed by atoms with E-state index in [1.165, 1.54) is 0 Å². The first-order valence-corrected chi connectivity index (χ1v) is 8.86. The van der Waals surface area contributed by atoms with Crippen molar-refractivity contribution in [2.45, 2.75) is 39.2 Å². The number of amides is 4. The molecule has 0 aromatic rings. The van der Waals surface area contributed by atoms with Gasteiger partial charge in [0.2, 0.25) is 0 Å². The van der Waals surface area contributed by atoms with Gasteiger partial charge in [0.15, 0.2) is 0 Å². The average Bonchev–Trinajstić information content (AvgIpc) is 2.50. The zero-order valence-corrected chi connectivity index (χ0v) is 16.1. The number of piperidine rings is 1. The molecule has 0 saturated carbocycles. The summed E-state index contributed by atoms with van der Waals surface area (Å²) < 4.78 is 0. The number of carbonyl (C=O) groups excluding carboxylic acids is 3. The first kappa shape index (κ1) is 21.2. The van der Waals surface area contributed by atoms with E-state index in [-0.39, 0.29) is 17.5 Å². The molecule has 0 aliphatic carbocycles. The molecule has 0 aromatic carbocycles. The Morgan fingerprint density at radius 2 is 1.60 bits per heavy atom. The molecule has 8 nitrogen and oxygen atoms in total. The van der Waals surface area contributed by atoms with Crippen LogP contribution in [0.25, 0.3) is 0 Å². The number of carbonyl (C=O) groups is 3. The standard InChI is InChI=1S/C17H33N5O3/c1-17(2,3)20-16(25)22-9-6-13(7-10-22)12-19-15(24)14(23)18-8-11-21(4)5/h13H,6-12H2,1-5H3,(H,18,23)(H,19,24)(H,20,25). The Hall–Kier alpha value is -1.83. The normalized spacial score (nSPS) is 15.8. The maximum Gasteiger partial charge on any atom is 0.317 e. The largest absolute Gasteiger partial charge is 0.348 e. The third-order valence-corrected chi connectivity index (χ3v) is 3.99. The highest BCUT2D eigenvalue weighted by atomic mass is 16.2. The lowest BCUT2D eigenvalue weighted by atomic mass is 9.97. The van der Waals surface area contributed by atoms with Gasteiger partial charge in [-0.1, -0.05) is 0 Å². The van der Waals surface area contributed by atoms with Gasteiger partial charge in [0.05, 0.1) is 0 Å². The Balaban J connectivity index is 2.24. The summed E-state index contributed by atoms with van der Waals surface area (Å²) in [5.74, 6) is -0.896. The van der Waals surface area contributed by atoms with Crippen molar-refractivity contribution in [2.75, 3.05) is 46.8 Å². The molecule has 1 aliphatic heterocycles. The van der Waals surface area contributed by atoms with Gasteiger partial charge in [-0.15, -0.1) is 0 Å². The molecule has 0 unspecified atom stereocenters. The van der Waals surface area contributed by atoms with Gasteiger partial charge < -0.3 is 25.8 Å². The quantitative estimate of drug-likeness (QED) is 0.605.